The van der Waals surface area contributed by atoms with Crippen molar-refractivity contribution in [3.63, 3.8) is 0 Å². The van der Waals surface area contributed by atoms with E-state index in [4.69, 9.17) is 4.74 Å². The van der Waals surface area contributed by atoms with Crippen molar-refractivity contribution < 1.29 is 51.6 Å². The van der Waals surface area contributed by atoms with Crippen molar-refractivity contribution in [2.45, 2.75) is 57.3 Å². The number of hydrogen-bond acceptors (Lipinski definition) is 6. The molecular weight excluding hydrogens is 504 g/mol. The first-order valence-electron chi connectivity index (χ1n) is 10.9. The number of aliphatic hydroxyl groups excluding tert-OH is 1. The first kappa shape index (κ1) is 29.4. The number of carboxylic acid groups (broad SMARTS) is 1. The highest BCUT2D eigenvalue weighted by atomic mass is 19.4. The summed E-state index contributed by atoms with van der Waals surface area (Å²) in [6.45, 7) is 4.70. The maximum Gasteiger partial charge on any atom is 0.573 e. The molecule has 2 rings (SSSR count). The molecule has 0 bridgehead atoms. The highest BCUT2D eigenvalue weighted by Crippen LogP contribution is 2.26. The molecule has 0 heterocycles. The second kappa shape index (κ2) is 11.9. The molecule has 13 heteroatoms. The predicted molar refractivity (Wildman–Crippen MR) is 121 cm³/mol. The van der Waals surface area contributed by atoms with Crippen molar-refractivity contribution in [2.75, 3.05) is 0 Å². The van der Waals surface area contributed by atoms with Crippen LogP contribution in [0.25, 0.3) is 0 Å². The quantitative estimate of drug-likeness (QED) is 0.365. The molecule has 2 aromatic carbocycles. The number of alkyl halides is 3. The van der Waals surface area contributed by atoms with Gasteiger partial charge in [0, 0.05) is 0 Å². The third-order valence-corrected chi connectivity index (χ3v) is 4.71. The normalized spacial score (nSPS) is 14.2. The standard InChI is InChI=1S/C24H26F4N2O7/c1-23(2,3)37-22(35)29-17(12-13-7-4-5-10-16(13)25)19(31)20(32)30-18(21(33)34)14-8-6-9-15(11-14)36-24(26,27)28/h4-11,17-19,31H,12H2,1-3H3,(H,29,35)(H,30,32)(H,33,34)/t17-,18-,19+/m1/s1. The zero-order chi connectivity index (χ0) is 28.0. The van der Waals surface area contributed by atoms with E-state index >= 15 is 0 Å². The molecule has 0 aliphatic heterocycles. The molecule has 0 unspecified atom stereocenters. The molecule has 0 saturated carbocycles. The summed E-state index contributed by atoms with van der Waals surface area (Å²) in [5.41, 5.74) is -1.21. The average Bonchev–Trinajstić information content (AvgIpc) is 2.75. The van der Waals surface area contributed by atoms with Crippen molar-refractivity contribution in [1.29, 1.82) is 0 Å². The topological polar surface area (TPSA) is 134 Å². The van der Waals surface area contributed by atoms with E-state index in [2.05, 4.69) is 10.1 Å². The number of carbonyl (C=O) groups excluding carboxylic acids is 2. The number of amides is 2. The second-order valence-corrected chi connectivity index (χ2v) is 8.89. The van der Waals surface area contributed by atoms with Gasteiger partial charge >= 0.3 is 18.4 Å². The van der Waals surface area contributed by atoms with E-state index in [9.17, 15) is 42.2 Å². The number of aliphatic carboxylic acids is 1. The van der Waals surface area contributed by atoms with Gasteiger partial charge in [0.25, 0.3) is 5.91 Å². The van der Waals surface area contributed by atoms with Gasteiger partial charge in [0.15, 0.2) is 12.1 Å². The van der Waals surface area contributed by atoms with Gasteiger partial charge in [0.1, 0.15) is 17.2 Å². The van der Waals surface area contributed by atoms with E-state index in [0.29, 0.717) is 0 Å². The zero-order valence-corrected chi connectivity index (χ0v) is 20.0. The number of hydrogen-bond donors (Lipinski definition) is 4. The molecule has 0 aromatic heterocycles. The second-order valence-electron chi connectivity index (χ2n) is 8.89. The molecule has 0 radical (unpaired) electrons. The van der Waals surface area contributed by atoms with Crippen LogP contribution in [0, 0.1) is 5.82 Å². The summed E-state index contributed by atoms with van der Waals surface area (Å²) in [4.78, 5) is 36.9. The Hall–Kier alpha value is -3.87. The Morgan fingerprint density at radius 3 is 2.22 bits per heavy atom. The van der Waals surface area contributed by atoms with Crippen molar-refractivity contribution in [2.24, 2.45) is 0 Å². The smallest absolute Gasteiger partial charge is 0.479 e. The van der Waals surface area contributed by atoms with Gasteiger partial charge in [-0.2, -0.15) is 0 Å². The van der Waals surface area contributed by atoms with E-state index in [-0.39, 0.29) is 17.5 Å². The summed E-state index contributed by atoms with van der Waals surface area (Å²) in [5.74, 6) is -4.37. The van der Waals surface area contributed by atoms with Crippen LogP contribution in [0.3, 0.4) is 0 Å². The third-order valence-electron chi connectivity index (χ3n) is 4.71. The van der Waals surface area contributed by atoms with Crippen LogP contribution in [0.15, 0.2) is 48.5 Å². The molecule has 0 saturated heterocycles. The molecule has 0 fully saturated rings. The van der Waals surface area contributed by atoms with Crippen molar-refractivity contribution in [3.05, 3.63) is 65.5 Å². The molecule has 9 nitrogen and oxygen atoms in total. The lowest BCUT2D eigenvalue weighted by Crippen LogP contribution is -2.53. The number of rotatable bonds is 9. The Morgan fingerprint density at radius 2 is 1.65 bits per heavy atom. The van der Waals surface area contributed by atoms with Crippen LogP contribution in [0.5, 0.6) is 5.75 Å². The van der Waals surface area contributed by atoms with Gasteiger partial charge in [-0.3, -0.25) is 4.79 Å². The maximum atomic E-state index is 14.2. The summed E-state index contributed by atoms with van der Waals surface area (Å²) in [7, 11) is 0. The number of alkyl carbamates (subject to hydrolysis) is 1. The lowest BCUT2D eigenvalue weighted by molar-refractivity contribution is -0.274. The van der Waals surface area contributed by atoms with E-state index < -0.39 is 59.7 Å². The van der Waals surface area contributed by atoms with Crippen LogP contribution in [0.4, 0.5) is 22.4 Å². The molecular formula is C24H26F4N2O7. The van der Waals surface area contributed by atoms with Crippen molar-refractivity contribution in [1.82, 2.24) is 10.6 Å². The maximum absolute atomic E-state index is 14.2. The Labute approximate surface area is 209 Å². The van der Waals surface area contributed by atoms with E-state index in [1.807, 2.05) is 5.32 Å². The fourth-order valence-corrected chi connectivity index (χ4v) is 3.19. The SMILES string of the molecule is CC(C)(C)OC(=O)N[C@H](Cc1ccccc1F)[C@H](O)C(=O)N[C@@H](C(=O)O)c1cccc(OC(F)(F)F)c1. The van der Waals surface area contributed by atoms with Gasteiger partial charge in [-0.25, -0.2) is 14.0 Å². The van der Waals surface area contributed by atoms with Gasteiger partial charge in [0.05, 0.1) is 6.04 Å². The van der Waals surface area contributed by atoms with Gasteiger partial charge < -0.3 is 30.3 Å². The number of carbonyl (C=O) groups is 3. The van der Waals surface area contributed by atoms with E-state index in [1.54, 1.807) is 20.8 Å². The van der Waals surface area contributed by atoms with Crippen LogP contribution in [0.2, 0.25) is 0 Å². The van der Waals surface area contributed by atoms with Crippen LogP contribution >= 0.6 is 0 Å². The van der Waals surface area contributed by atoms with Crippen LogP contribution in [0.1, 0.15) is 37.9 Å². The Bertz CT molecular complexity index is 1120. The zero-order valence-electron chi connectivity index (χ0n) is 20.0. The van der Waals surface area contributed by atoms with Gasteiger partial charge in [0.2, 0.25) is 0 Å². The predicted octanol–water partition coefficient (Wildman–Crippen LogP) is 3.46. The van der Waals surface area contributed by atoms with Crippen LogP contribution in [-0.4, -0.2) is 52.3 Å². The first-order valence-corrected chi connectivity index (χ1v) is 10.9. The number of nitrogens with one attached hydrogen (secondary N) is 2. The monoisotopic (exact) mass is 530 g/mol. The number of aliphatic hydroxyl groups is 1. The molecule has 2 amide bonds. The summed E-state index contributed by atoms with van der Waals surface area (Å²) in [6.07, 6.45) is -8.56. The lowest BCUT2D eigenvalue weighted by atomic mass is 9.99. The number of benzene rings is 2. The summed E-state index contributed by atoms with van der Waals surface area (Å²) in [6, 6.07) is 5.92. The summed E-state index contributed by atoms with van der Waals surface area (Å²) < 4.78 is 60.7. The molecule has 4 N–H and O–H groups in total. The van der Waals surface area contributed by atoms with Gasteiger partial charge in [-0.05, 0) is 56.5 Å². The molecule has 3 atom stereocenters. The van der Waals surface area contributed by atoms with E-state index in [1.165, 1.54) is 18.2 Å². The molecule has 202 valence electrons. The number of carboxylic acids is 1. The molecule has 0 aliphatic carbocycles. The average molecular weight is 530 g/mol. The summed E-state index contributed by atoms with van der Waals surface area (Å²) >= 11 is 0. The molecule has 0 spiro atoms. The highest BCUT2D eigenvalue weighted by molar-refractivity contribution is 5.88. The minimum atomic E-state index is -5.04. The number of ether oxygens (including phenoxy) is 2. The van der Waals surface area contributed by atoms with E-state index in [0.717, 1.165) is 30.3 Å². The minimum absolute atomic E-state index is 0.0298. The van der Waals surface area contributed by atoms with Gasteiger partial charge in [-0.1, -0.05) is 30.3 Å². The fourth-order valence-electron chi connectivity index (χ4n) is 3.19. The number of halogens is 4. The molecule has 0 aliphatic rings. The lowest BCUT2D eigenvalue weighted by Gasteiger charge is -2.27. The molecule has 2 aromatic rings. The largest absolute Gasteiger partial charge is 0.573 e. The van der Waals surface area contributed by atoms with Gasteiger partial charge in [-0.15, -0.1) is 13.2 Å². The van der Waals surface area contributed by atoms with Crippen molar-refractivity contribution >= 4 is 18.0 Å². The Kier molecular flexibility index (Phi) is 9.45. The molecule has 37 heavy (non-hydrogen) atoms. The summed E-state index contributed by atoms with van der Waals surface area (Å²) in [5, 5.41) is 24.5. The minimum Gasteiger partial charge on any atom is -0.479 e. The third kappa shape index (κ3) is 9.60. The van der Waals surface area contributed by atoms with Crippen LogP contribution < -0.4 is 15.4 Å². The first-order chi connectivity index (χ1) is 17.1. The fraction of sp³-hybridized carbons (Fsp3) is 0.375. The van der Waals surface area contributed by atoms with Crippen LogP contribution in [-0.2, 0) is 20.7 Å². The Morgan fingerprint density at radius 1 is 1.00 bits per heavy atom. The highest BCUT2D eigenvalue weighted by Gasteiger charge is 2.34. The Balaban J connectivity index is 2.28. The van der Waals surface area contributed by atoms with Crippen molar-refractivity contribution in [3.8, 4) is 5.75 Å².